The molecule has 39 heavy (non-hydrogen) atoms. The predicted molar refractivity (Wildman–Crippen MR) is 139 cm³/mol. The topological polar surface area (TPSA) is 134 Å². The molecular weight excluding hydrogens is 504 g/mol. The number of likely N-dealkylation sites (tertiary alicyclic amines) is 2. The van der Waals surface area contributed by atoms with Gasteiger partial charge in [0.05, 0.1) is 12.6 Å². The highest BCUT2D eigenvalue weighted by Crippen LogP contribution is 2.38. The van der Waals surface area contributed by atoms with E-state index in [0.717, 1.165) is 51.6 Å². The maximum atomic E-state index is 13.1. The fourth-order valence-electron chi connectivity index (χ4n) is 6.86. The van der Waals surface area contributed by atoms with Crippen LogP contribution in [0.2, 0.25) is 0 Å². The molecule has 1 aliphatic carbocycles. The molecule has 0 aromatic rings. The van der Waals surface area contributed by atoms with Gasteiger partial charge in [0.2, 0.25) is 5.91 Å². The fourth-order valence-corrected chi connectivity index (χ4v) is 6.86. The molecule has 4 heterocycles. The summed E-state index contributed by atoms with van der Waals surface area (Å²) in [7, 11) is 0. The van der Waals surface area contributed by atoms with E-state index >= 15 is 0 Å². The molecule has 0 aromatic carbocycles. The molecule has 2 unspecified atom stereocenters. The van der Waals surface area contributed by atoms with E-state index in [1.807, 2.05) is 20.8 Å². The third-order valence-electron chi connectivity index (χ3n) is 9.02. The number of nitrogens with zero attached hydrogens (tertiary/aromatic N) is 3. The number of esters is 1. The summed E-state index contributed by atoms with van der Waals surface area (Å²) in [5.41, 5.74) is 0. The van der Waals surface area contributed by atoms with Gasteiger partial charge >= 0.3 is 5.97 Å². The summed E-state index contributed by atoms with van der Waals surface area (Å²) in [6.45, 7) is 8.37. The van der Waals surface area contributed by atoms with Crippen molar-refractivity contribution >= 4 is 11.9 Å². The van der Waals surface area contributed by atoms with E-state index in [1.165, 1.54) is 0 Å². The molecule has 5 fully saturated rings. The van der Waals surface area contributed by atoms with Gasteiger partial charge in [-0.2, -0.15) is 5.26 Å². The van der Waals surface area contributed by atoms with Crippen molar-refractivity contribution in [1.82, 2.24) is 15.1 Å². The number of carbonyl (C=O) groups excluding carboxylic acids is 2. The quantitative estimate of drug-likeness (QED) is 0.425. The standard InChI is InChI=1S/C28H44N4O7/c1-17-15-32(20(13-29)25(17)37-23(34)12-18-6-4-5-7-18)22(33)14-30-19-8-10-31(11-9-19)16-21-24(35)26-27(36-21)39-28(2,3)38-26/h17-21,24-27,30,35H,4-12,14-16H2,1-3H3/t17?,20-,21-,24+,25?,26-,27-/m1/s1. The third kappa shape index (κ3) is 6.58. The molecule has 11 nitrogen and oxygen atoms in total. The Kier molecular flexibility index (Phi) is 8.81. The maximum Gasteiger partial charge on any atom is 0.306 e. The molecule has 2 N–H and O–H groups in total. The summed E-state index contributed by atoms with van der Waals surface area (Å²) >= 11 is 0. The Morgan fingerprint density at radius 3 is 2.54 bits per heavy atom. The number of rotatable bonds is 8. The zero-order valence-corrected chi connectivity index (χ0v) is 23.4. The van der Waals surface area contributed by atoms with Crippen LogP contribution in [0.25, 0.3) is 0 Å². The first-order valence-corrected chi connectivity index (χ1v) is 14.7. The van der Waals surface area contributed by atoms with Crippen LogP contribution in [0.4, 0.5) is 0 Å². The van der Waals surface area contributed by atoms with E-state index in [0.29, 0.717) is 25.4 Å². The second-order valence-electron chi connectivity index (χ2n) is 12.5. The van der Waals surface area contributed by atoms with Gasteiger partial charge in [-0.25, -0.2) is 0 Å². The first-order valence-electron chi connectivity index (χ1n) is 14.7. The van der Waals surface area contributed by atoms with Crippen LogP contribution in [0.15, 0.2) is 0 Å². The summed E-state index contributed by atoms with van der Waals surface area (Å²) in [5.74, 6) is -0.829. The number of aliphatic hydroxyl groups excluding tert-OH is 1. The highest BCUT2D eigenvalue weighted by molar-refractivity contribution is 5.79. The molecule has 0 radical (unpaired) electrons. The number of fused-ring (bicyclic) bond motifs is 1. The SMILES string of the molecule is CC1CN(C(=O)CNC2CCN(C[C@H]3O[C@@H]4OC(C)(C)O[C@@H]4[C@H]3O)CC2)[C@H](C#N)C1OC(=O)CC1CCCC1. The first kappa shape index (κ1) is 28.7. The van der Waals surface area contributed by atoms with Crippen molar-refractivity contribution < 1.29 is 33.6 Å². The lowest BCUT2D eigenvalue weighted by molar-refractivity contribution is -0.216. The number of piperidine rings is 1. The lowest BCUT2D eigenvalue weighted by Crippen LogP contribution is -2.50. The number of carbonyl (C=O) groups is 2. The molecule has 4 aliphatic heterocycles. The summed E-state index contributed by atoms with van der Waals surface area (Å²) < 4.78 is 23.2. The van der Waals surface area contributed by atoms with Gasteiger partial charge in [0.25, 0.3) is 0 Å². The minimum atomic E-state index is -0.750. The summed E-state index contributed by atoms with van der Waals surface area (Å²) in [6, 6.07) is 1.65. The minimum Gasteiger partial charge on any atom is -0.459 e. The molecule has 7 atom stereocenters. The van der Waals surface area contributed by atoms with Gasteiger partial charge in [-0.3, -0.25) is 9.59 Å². The number of nitrogens with one attached hydrogen (secondary N) is 1. The second kappa shape index (κ2) is 12.0. The van der Waals surface area contributed by atoms with Gasteiger partial charge in [-0.15, -0.1) is 0 Å². The normalized spacial score (nSPS) is 37.2. The predicted octanol–water partition coefficient (Wildman–Crippen LogP) is 1.14. The van der Waals surface area contributed by atoms with Crippen molar-refractivity contribution in [2.45, 2.75) is 114 Å². The smallest absolute Gasteiger partial charge is 0.306 e. The van der Waals surface area contributed by atoms with Crippen LogP contribution in [-0.4, -0.2) is 108 Å². The Morgan fingerprint density at radius 1 is 1.15 bits per heavy atom. The highest BCUT2D eigenvalue weighted by Gasteiger charge is 2.54. The average Bonchev–Trinajstić information content (AvgIpc) is 3.64. The van der Waals surface area contributed by atoms with Crippen LogP contribution in [0.5, 0.6) is 0 Å². The zero-order chi connectivity index (χ0) is 27.7. The Labute approximate surface area is 231 Å². The molecule has 0 aromatic heterocycles. The Bertz CT molecular complexity index is 927. The van der Waals surface area contributed by atoms with Gasteiger partial charge in [0, 0.05) is 31.5 Å². The average molecular weight is 549 g/mol. The summed E-state index contributed by atoms with van der Waals surface area (Å²) in [6.07, 6.45) is 3.91. The van der Waals surface area contributed by atoms with E-state index in [9.17, 15) is 20.0 Å². The summed E-state index contributed by atoms with van der Waals surface area (Å²) in [5, 5.41) is 23.8. The molecule has 1 amide bonds. The minimum absolute atomic E-state index is 0.0797. The van der Waals surface area contributed by atoms with Crippen molar-refractivity contribution in [3.8, 4) is 6.07 Å². The Hall–Kier alpha value is -1.81. The molecular formula is C28H44N4O7. The van der Waals surface area contributed by atoms with Gasteiger partial charge in [0.1, 0.15) is 24.4 Å². The van der Waals surface area contributed by atoms with Crippen molar-refractivity contribution in [2.24, 2.45) is 11.8 Å². The molecule has 0 bridgehead atoms. The lowest BCUT2D eigenvalue weighted by Gasteiger charge is -2.35. The number of amides is 1. The lowest BCUT2D eigenvalue weighted by atomic mass is 10.0. The van der Waals surface area contributed by atoms with E-state index in [2.05, 4.69) is 16.3 Å². The number of hydrogen-bond donors (Lipinski definition) is 2. The van der Waals surface area contributed by atoms with Gasteiger partial charge in [-0.05, 0) is 58.5 Å². The van der Waals surface area contributed by atoms with Crippen molar-refractivity contribution in [3.05, 3.63) is 0 Å². The Morgan fingerprint density at radius 2 is 1.87 bits per heavy atom. The van der Waals surface area contributed by atoms with E-state index in [-0.39, 0.29) is 36.5 Å². The maximum absolute atomic E-state index is 13.1. The van der Waals surface area contributed by atoms with Crippen LogP contribution >= 0.6 is 0 Å². The largest absolute Gasteiger partial charge is 0.459 e. The van der Waals surface area contributed by atoms with E-state index in [4.69, 9.17) is 18.9 Å². The van der Waals surface area contributed by atoms with Gasteiger partial charge in [-0.1, -0.05) is 19.8 Å². The van der Waals surface area contributed by atoms with Crippen molar-refractivity contribution in [2.75, 3.05) is 32.7 Å². The van der Waals surface area contributed by atoms with Gasteiger partial charge < -0.3 is 39.2 Å². The molecule has 218 valence electrons. The monoisotopic (exact) mass is 548 g/mol. The fraction of sp³-hybridized carbons (Fsp3) is 0.893. The Balaban J connectivity index is 1.03. The second-order valence-corrected chi connectivity index (χ2v) is 12.5. The van der Waals surface area contributed by atoms with Crippen LogP contribution in [0.3, 0.4) is 0 Å². The van der Waals surface area contributed by atoms with Crippen LogP contribution in [-0.2, 0) is 28.5 Å². The van der Waals surface area contributed by atoms with E-state index in [1.54, 1.807) is 4.90 Å². The number of aliphatic hydroxyl groups is 1. The molecule has 5 aliphatic rings. The van der Waals surface area contributed by atoms with Crippen molar-refractivity contribution in [3.63, 3.8) is 0 Å². The van der Waals surface area contributed by atoms with Crippen molar-refractivity contribution in [1.29, 1.82) is 5.26 Å². The molecule has 0 spiro atoms. The summed E-state index contributed by atoms with van der Waals surface area (Å²) in [4.78, 5) is 29.4. The molecule has 4 saturated heterocycles. The molecule has 1 saturated carbocycles. The third-order valence-corrected chi connectivity index (χ3v) is 9.02. The number of nitriles is 1. The first-order chi connectivity index (χ1) is 18.6. The molecule has 11 heteroatoms. The van der Waals surface area contributed by atoms with Crippen LogP contribution in [0.1, 0.15) is 65.7 Å². The highest BCUT2D eigenvalue weighted by atomic mass is 16.8. The molecule has 5 rings (SSSR count). The van der Waals surface area contributed by atoms with Crippen LogP contribution < -0.4 is 5.32 Å². The zero-order valence-electron chi connectivity index (χ0n) is 23.4. The number of hydrogen-bond acceptors (Lipinski definition) is 10. The van der Waals surface area contributed by atoms with Crippen LogP contribution in [0, 0.1) is 23.2 Å². The van der Waals surface area contributed by atoms with E-state index < -0.39 is 36.4 Å². The number of ether oxygens (including phenoxy) is 4. The van der Waals surface area contributed by atoms with Gasteiger partial charge in [0.15, 0.2) is 18.1 Å².